The fraction of sp³-hybridized carbons (Fsp3) is 0.182. The lowest BCUT2D eigenvalue weighted by atomic mass is 10.0. The molecule has 0 N–H and O–H groups in total. The van der Waals surface area contributed by atoms with Crippen LogP contribution in [0.4, 0.5) is 0 Å². The van der Waals surface area contributed by atoms with Gasteiger partial charge in [-0.15, -0.1) is 0 Å². The van der Waals surface area contributed by atoms with Gasteiger partial charge in [-0.1, -0.05) is 516 Å². The molecule has 670 valence electrons. The SMILES string of the molecule is C.C.Cc1cc(C)c2ccccc2c1.Cc1ccc(-c2ccc(C)cc2)cc1.Cc1ccc(-c2cccc(C)c2)cc1.Cc1ccc(C)c2ccccc12.Cc1ccc(C)cc1.Cc1ccc2c(C)cccc2c1.Cc1ccc2cc(C)ccc2c1.Cc1ccc2ccc(C)cc2c1.Cc1cccc(-c2cccc(C)c2)c1.Cc1cccc(C)c1.Cc1cccc2c(C)cccc12. The first-order valence-corrected chi connectivity index (χ1v) is 45.7. The molecule has 20 aromatic rings. The Morgan fingerprint density at radius 1 is 0.0985 bits per heavy atom. The normalized spacial score (nSPS) is 10.1. The summed E-state index contributed by atoms with van der Waals surface area (Å²) >= 11 is 0. The summed E-state index contributed by atoms with van der Waals surface area (Å²) in [5.41, 5.74) is 37.1. The average Bonchev–Trinajstić information content (AvgIpc) is 0.851. The van der Waals surface area contributed by atoms with E-state index in [1.165, 1.54) is 220 Å². The maximum Gasteiger partial charge on any atom is -0.0152 e. The minimum Gasteiger partial charge on any atom is -0.0776 e. The van der Waals surface area contributed by atoms with E-state index in [-0.39, 0.29) is 14.9 Å². The first kappa shape index (κ1) is 103. The Kier molecular flexibility index (Phi) is 40.7. The molecule has 0 aromatic heterocycles. The molecule has 0 amide bonds. The van der Waals surface area contributed by atoms with E-state index in [0.29, 0.717) is 0 Å². The van der Waals surface area contributed by atoms with Crippen LogP contribution in [0.25, 0.3) is 98.0 Å². The van der Waals surface area contributed by atoms with Crippen molar-refractivity contribution in [3.05, 3.63) is 535 Å². The van der Waals surface area contributed by atoms with Crippen molar-refractivity contribution in [2.45, 2.75) is 167 Å². The molecule has 0 nitrogen and oxygen atoms in total. The van der Waals surface area contributed by atoms with Crippen molar-refractivity contribution in [1.82, 2.24) is 0 Å². The topological polar surface area (TPSA) is 0 Å². The van der Waals surface area contributed by atoms with E-state index in [1.54, 1.807) is 0 Å². The van der Waals surface area contributed by atoms with Gasteiger partial charge in [-0.2, -0.15) is 0 Å². The van der Waals surface area contributed by atoms with Crippen LogP contribution in [0.3, 0.4) is 0 Å². The summed E-state index contributed by atoms with van der Waals surface area (Å²) in [6, 6.07) is 147. The van der Waals surface area contributed by atoms with Crippen LogP contribution in [0.1, 0.15) is 137 Å². The molecule has 132 heavy (non-hydrogen) atoms. The molecule has 0 spiro atoms. The summed E-state index contributed by atoms with van der Waals surface area (Å²) in [6.07, 6.45) is 0. The minimum absolute atomic E-state index is 0. The summed E-state index contributed by atoms with van der Waals surface area (Å²) in [5, 5.41) is 16.2. The van der Waals surface area contributed by atoms with Crippen LogP contribution in [0.5, 0.6) is 0 Å². The Morgan fingerprint density at radius 2 is 0.318 bits per heavy atom. The highest BCUT2D eigenvalue weighted by Crippen LogP contribution is 2.28. The van der Waals surface area contributed by atoms with E-state index in [9.17, 15) is 0 Å². The highest BCUT2D eigenvalue weighted by atomic mass is 14.1. The second-order valence-corrected chi connectivity index (χ2v) is 35.3. The van der Waals surface area contributed by atoms with Gasteiger partial charge in [-0.05, 0) is 284 Å². The van der Waals surface area contributed by atoms with E-state index in [1.807, 2.05) is 0 Å². The maximum atomic E-state index is 2.22. The molecule has 0 unspecified atom stereocenters. The van der Waals surface area contributed by atoms with Gasteiger partial charge < -0.3 is 0 Å². The highest BCUT2D eigenvalue weighted by molar-refractivity contribution is 5.91. The largest absolute Gasteiger partial charge is 0.0776 e. The summed E-state index contributed by atoms with van der Waals surface area (Å²) in [5.74, 6) is 0. The predicted octanol–water partition coefficient (Wildman–Crippen LogP) is 38.5. The Bertz CT molecular complexity index is 6640. The van der Waals surface area contributed by atoms with E-state index < -0.39 is 0 Å². The van der Waals surface area contributed by atoms with Crippen molar-refractivity contribution in [3.8, 4) is 33.4 Å². The van der Waals surface area contributed by atoms with Crippen LogP contribution in [0.15, 0.2) is 413 Å². The van der Waals surface area contributed by atoms with Gasteiger partial charge in [-0.25, -0.2) is 0 Å². The van der Waals surface area contributed by atoms with Gasteiger partial charge in [0.2, 0.25) is 0 Å². The van der Waals surface area contributed by atoms with Crippen LogP contribution in [-0.2, 0) is 0 Å². The lowest BCUT2D eigenvalue weighted by Gasteiger charge is -2.03. The van der Waals surface area contributed by atoms with Gasteiger partial charge in [-0.3, -0.25) is 0 Å². The zero-order chi connectivity index (χ0) is 93.2. The molecule has 0 aliphatic carbocycles. The molecular formula is C132H142. The van der Waals surface area contributed by atoms with Crippen molar-refractivity contribution < 1.29 is 0 Å². The number of benzene rings is 20. The second kappa shape index (κ2) is 52.0. The quantitative estimate of drug-likeness (QED) is 0.165. The van der Waals surface area contributed by atoms with E-state index in [2.05, 4.69) is 565 Å². The zero-order valence-electron chi connectivity index (χ0n) is 81.3. The van der Waals surface area contributed by atoms with Gasteiger partial charge >= 0.3 is 0 Å². The van der Waals surface area contributed by atoms with Crippen LogP contribution < -0.4 is 0 Å². The fourth-order valence-corrected chi connectivity index (χ4v) is 15.6. The van der Waals surface area contributed by atoms with Crippen LogP contribution in [0.2, 0.25) is 0 Å². The van der Waals surface area contributed by atoms with E-state index in [4.69, 9.17) is 0 Å². The van der Waals surface area contributed by atoms with Crippen LogP contribution in [0, 0.1) is 152 Å². The molecule has 0 aliphatic heterocycles. The Morgan fingerprint density at radius 3 is 0.674 bits per heavy atom. The molecule has 0 aliphatic rings. The van der Waals surface area contributed by atoms with Gasteiger partial charge in [0.1, 0.15) is 0 Å². The van der Waals surface area contributed by atoms with Gasteiger partial charge in [0.25, 0.3) is 0 Å². The Hall–Kier alpha value is -14.0. The maximum absolute atomic E-state index is 2.22. The molecular weight excluding hydrogens is 1590 g/mol. The zero-order valence-corrected chi connectivity index (χ0v) is 81.3. The highest BCUT2D eigenvalue weighted by Gasteiger charge is 2.05. The van der Waals surface area contributed by atoms with Gasteiger partial charge in [0.15, 0.2) is 0 Å². The lowest BCUT2D eigenvalue weighted by Crippen LogP contribution is -1.80. The standard InChI is InChI=1S/3C14H14.6C12H12.2C8H10.2CH4/c1-11-3-7-13(8-4-11)14-9-5-12(2)6-10-14;1-11-5-3-7-13(9-11)14-8-4-6-12(2)10-14;1-11-6-8-13(9-7-11)14-5-3-4-12(2)10-14;1-9-3-5-12-8-10(2)4-6-11(12)7-9;1-9-3-5-11-6-4-10(2)8-12(11)7-9;1-9-5-3-8-12-10(2)6-4-7-11(9)12;1-9-6-7-12-10(2)4-3-5-11(12)8-9;1-9-7-10(2)12-6-4-3-5-11(12)8-9;1-9-7-8-10(2)12-6-4-3-5-11(9)12;1-7-3-5-8(2)6-4-7;1-7-4-3-5-8(2)6-7;;/h3*3-10H,1-2H3;6*3-8H,1-2H3;2*3-6H,1-2H3;2*1H4. The van der Waals surface area contributed by atoms with Crippen LogP contribution >= 0.6 is 0 Å². The third kappa shape index (κ3) is 32.9. The number of aryl methyl sites for hydroxylation is 22. The number of rotatable bonds is 3. The lowest BCUT2D eigenvalue weighted by molar-refractivity contribution is 1.39. The Balaban J connectivity index is 0.000000179. The Labute approximate surface area is 794 Å². The molecule has 0 saturated carbocycles. The third-order valence-corrected chi connectivity index (χ3v) is 23.1. The predicted molar refractivity (Wildman–Crippen MR) is 590 cm³/mol. The summed E-state index contributed by atoms with van der Waals surface area (Å²) < 4.78 is 0. The summed E-state index contributed by atoms with van der Waals surface area (Å²) in [7, 11) is 0. The van der Waals surface area contributed by atoms with E-state index >= 15 is 0 Å². The minimum atomic E-state index is 0. The molecule has 20 rings (SSSR count). The number of fused-ring (bicyclic) bond motifs is 6. The smallest absolute Gasteiger partial charge is 0.0152 e. The van der Waals surface area contributed by atoms with Crippen molar-refractivity contribution in [1.29, 1.82) is 0 Å². The van der Waals surface area contributed by atoms with Gasteiger partial charge in [0.05, 0.1) is 0 Å². The molecule has 20 aromatic carbocycles. The molecule has 0 atom stereocenters. The second-order valence-electron chi connectivity index (χ2n) is 35.3. The fourth-order valence-electron chi connectivity index (χ4n) is 15.6. The molecule has 0 heteroatoms. The molecule has 0 saturated heterocycles. The molecule has 0 bridgehead atoms. The van der Waals surface area contributed by atoms with Crippen molar-refractivity contribution in [3.63, 3.8) is 0 Å². The van der Waals surface area contributed by atoms with Gasteiger partial charge in [0, 0.05) is 0 Å². The monoisotopic (exact) mass is 1730 g/mol. The molecule has 0 radical (unpaired) electrons. The third-order valence-electron chi connectivity index (χ3n) is 23.1. The van der Waals surface area contributed by atoms with E-state index in [0.717, 1.165) is 0 Å². The first-order chi connectivity index (χ1) is 62.5. The summed E-state index contributed by atoms with van der Waals surface area (Å²) in [6.45, 7) is 46.8. The number of hydrogen-bond acceptors (Lipinski definition) is 0. The van der Waals surface area contributed by atoms with Crippen molar-refractivity contribution >= 4 is 64.6 Å². The van der Waals surface area contributed by atoms with Crippen molar-refractivity contribution in [2.75, 3.05) is 0 Å². The summed E-state index contributed by atoms with van der Waals surface area (Å²) in [4.78, 5) is 0. The molecule has 0 fully saturated rings. The number of hydrogen-bond donors (Lipinski definition) is 0. The average molecular weight is 1730 g/mol. The first-order valence-electron chi connectivity index (χ1n) is 45.7. The van der Waals surface area contributed by atoms with Crippen molar-refractivity contribution in [2.24, 2.45) is 0 Å². The van der Waals surface area contributed by atoms with Crippen LogP contribution in [-0.4, -0.2) is 0 Å². The molecule has 0 heterocycles.